The maximum Gasteiger partial charge on any atom is 0.287 e. The Labute approximate surface area is 123 Å². The molecule has 1 aromatic rings. The molecule has 0 aliphatic heterocycles. The molecule has 8 nitrogen and oxygen atoms in total. The van der Waals surface area contributed by atoms with Gasteiger partial charge in [0.25, 0.3) is 15.9 Å². The topological polar surface area (TPSA) is 118 Å². The Balaban J connectivity index is 2.49. The number of hydrogen-bond acceptors (Lipinski definition) is 5. The van der Waals surface area contributed by atoms with Gasteiger partial charge in [-0.05, 0) is 19.2 Å². The molecule has 0 saturated heterocycles. The van der Waals surface area contributed by atoms with E-state index in [2.05, 4.69) is 15.4 Å². The molecule has 0 fully saturated rings. The van der Waals surface area contributed by atoms with Gasteiger partial charge in [0.05, 0.1) is 0 Å². The largest absolute Gasteiger partial charge is 0.438 e. The van der Waals surface area contributed by atoms with Crippen LogP contribution in [0.4, 0.5) is 0 Å². The van der Waals surface area contributed by atoms with Gasteiger partial charge in [-0.1, -0.05) is 13.8 Å². The Morgan fingerprint density at radius 3 is 2.38 bits per heavy atom. The van der Waals surface area contributed by atoms with E-state index >= 15 is 0 Å². The van der Waals surface area contributed by atoms with Gasteiger partial charge in [0, 0.05) is 19.0 Å². The van der Waals surface area contributed by atoms with Crippen LogP contribution >= 0.6 is 0 Å². The fourth-order valence-corrected chi connectivity index (χ4v) is 1.99. The molecule has 1 aromatic heterocycles. The normalized spacial score (nSPS) is 11.4. The van der Waals surface area contributed by atoms with Crippen molar-refractivity contribution in [3.8, 4) is 0 Å². The van der Waals surface area contributed by atoms with Gasteiger partial charge in [-0.3, -0.25) is 9.59 Å². The number of sulfonamides is 1. The zero-order valence-electron chi connectivity index (χ0n) is 12.1. The minimum atomic E-state index is -3.71. The van der Waals surface area contributed by atoms with E-state index in [1.807, 2.05) is 0 Å². The van der Waals surface area contributed by atoms with Gasteiger partial charge in [-0.25, -0.2) is 13.1 Å². The van der Waals surface area contributed by atoms with Crippen molar-refractivity contribution >= 4 is 21.8 Å². The molecule has 0 radical (unpaired) electrons. The van der Waals surface area contributed by atoms with E-state index in [-0.39, 0.29) is 35.8 Å². The van der Waals surface area contributed by atoms with E-state index < -0.39 is 15.9 Å². The lowest BCUT2D eigenvalue weighted by Gasteiger charge is -2.07. The minimum Gasteiger partial charge on any atom is -0.438 e. The summed E-state index contributed by atoms with van der Waals surface area (Å²) in [6.45, 7) is 4.03. The number of nitrogens with one attached hydrogen (secondary N) is 3. The third-order valence-corrected chi connectivity index (χ3v) is 3.86. The van der Waals surface area contributed by atoms with E-state index in [1.54, 1.807) is 13.8 Å². The highest BCUT2D eigenvalue weighted by molar-refractivity contribution is 7.89. The van der Waals surface area contributed by atoms with Crippen LogP contribution in [0.15, 0.2) is 21.6 Å². The van der Waals surface area contributed by atoms with Crippen LogP contribution in [-0.2, 0) is 14.8 Å². The summed E-state index contributed by atoms with van der Waals surface area (Å²) in [4.78, 5) is 23.0. The summed E-state index contributed by atoms with van der Waals surface area (Å²) >= 11 is 0. The van der Waals surface area contributed by atoms with Crippen molar-refractivity contribution in [2.45, 2.75) is 18.9 Å². The van der Waals surface area contributed by atoms with E-state index in [4.69, 9.17) is 4.42 Å². The van der Waals surface area contributed by atoms with E-state index in [9.17, 15) is 18.0 Å². The first-order valence-corrected chi connectivity index (χ1v) is 7.85. The van der Waals surface area contributed by atoms with Crippen molar-refractivity contribution in [2.75, 3.05) is 20.1 Å². The average Bonchev–Trinajstić information content (AvgIpc) is 2.93. The second kappa shape index (κ2) is 7.23. The molecule has 1 heterocycles. The highest BCUT2D eigenvalue weighted by atomic mass is 32.2. The summed E-state index contributed by atoms with van der Waals surface area (Å²) in [5, 5.41) is 4.82. The van der Waals surface area contributed by atoms with Crippen molar-refractivity contribution in [1.82, 2.24) is 15.4 Å². The molecule has 0 unspecified atom stereocenters. The van der Waals surface area contributed by atoms with Crippen LogP contribution < -0.4 is 15.4 Å². The van der Waals surface area contributed by atoms with Gasteiger partial charge in [-0.2, -0.15) is 0 Å². The first kappa shape index (κ1) is 17.2. The van der Waals surface area contributed by atoms with Crippen molar-refractivity contribution in [3.63, 3.8) is 0 Å². The lowest BCUT2D eigenvalue weighted by atomic mass is 10.2. The SMILES string of the molecule is CNS(=O)(=O)c1ccc(C(=O)NCCNC(=O)C(C)C)o1. The standard InChI is InChI=1S/C12H19N3O5S/c1-8(2)11(16)14-6-7-15-12(17)9-4-5-10(20-9)21(18,19)13-3/h4-5,8,13H,6-7H2,1-3H3,(H,14,16)(H,15,17). The average molecular weight is 317 g/mol. The fraction of sp³-hybridized carbons (Fsp3) is 0.500. The van der Waals surface area contributed by atoms with Gasteiger partial charge in [0.1, 0.15) is 0 Å². The molecular weight excluding hydrogens is 298 g/mol. The van der Waals surface area contributed by atoms with E-state index in [0.717, 1.165) is 0 Å². The molecule has 21 heavy (non-hydrogen) atoms. The van der Waals surface area contributed by atoms with Gasteiger partial charge < -0.3 is 15.1 Å². The predicted molar refractivity (Wildman–Crippen MR) is 75.1 cm³/mol. The van der Waals surface area contributed by atoms with Crippen LogP contribution in [0.3, 0.4) is 0 Å². The Hall–Kier alpha value is -1.87. The Morgan fingerprint density at radius 1 is 1.19 bits per heavy atom. The van der Waals surface area contributed by atoms with Crippen molar-refractivity contribution < 1.29 is 22.4 Å². The second-order valence-electron chi connectivity index (χ2n) is 4.53. The number of rotatable bonds is 7. The van der Waals surface area contributed by atoms with Crippen LogP contribution in [0.2, 0.25) is 0 Å². The molecule has 0 aliphatic rings. The van der Waals surface area contributed by atoms with Crippen LogP contribution in [0.5, 0.6) is 0 Å². The van der Waals surface area contributed by atoms with Crippen molar-refractivity contribution in [2.24, 2.45) is 5.92 Å². The molecule has 2 amide bonds. The first-order chi connectivity index (χ1) is 9.77. The summed E-state index contributed by atoms with van der Waals surface area (Å²) in [6.07, 6.45) is 0. The quantitative estimate of drug-likeness (QED) is 0.596. The monoisotopic (exact) mass is 317 g/mol. The molecule has 0 bridgehead atoms. The van der Waals surface area contributed by atoms with Gasteiger partial charge in [0.15, 0.2) is 5.76 Å². The number of carbonyl (C=O) groups excluding carboxylic acids is 2. The maximum absolute atomic E-state index is 11.7. The predicted octanol–water partition coefficient (Wildman–Crippen LogP) is -0.310. The highest BCUT2D eigenvalue weighted by Crippen LogP contribution is 2.13. The third kappa shape index (κ3) is 4.87. The summed E-state index contributed by atoms with van der Waals surface area (Å²) in [5.41, 5.74) is 0. The highest BCUT2D eigenvalue weighted by Gasteiger charge is 2.19. The maximum atomic E-state index is 11.7. The van der Waals surface area contributed by atoms with Crippen molar-refractivity contribution in [3.05, 3.63) is 17.9 Å². The summed E-state index contributed by atoms with van der Waals surface area (Å²) < 4.78 is 30.0. The molecule has 3 N–H and O–H groups in total. The Bertz CT molecular complexity index is 606. The lowest BCUT2D eigenvalue weighted by Crippen LogP contribution is -2.36. The van der Waals surface area contributed by atoms with Crippen molar-refractivity contribution in [1.29, 1.82) is 0 Å². The zero-order valence-corrected chi connectivity index (χ0v) is 12.9. The molecule has 0 spiro atoms. The van der Waals surface area contributed by atoms with Gasteiger partial charge in [0.2, 0.25) is 11.0 Å². The van der Waals surface area contributed by atoms with Gasteiger partial charge >= 0.3 is 0 Å². The number of furan rings is 1. The summed E-state index contributed by atoms with van der Waals surface area (Å²) in [5.74, 6) is -0.893. The summed E-state index contributed by atoms with van der Waals surface area (Å²) in [6, 6.07) is 2.47. The molecular formula is C12H19N3O5S. The molecule has 0 aliphatic carbocycles. The number of hydrogen-bond donors (Lipinski definition) is 3. The molecule has 9 heteroatoms. The lowest BCUT2D eigenvalue weighted by molar-refractivity contribution is -0.123. The molecule has 118 valence electrons. The molecule has 1 rings (SSSR count). The van der Waals surface area contributed by atoms with Crippen LogP contribution in [-0.4, -0.2) is 40.4 Å². The molecule has 0 atom stereocenters. The van der Waals surface area contributed by atoms with E-state index in [0.29, 0.717) is 0 Å². The zero-order chi connectivity index (χ0) is 16.0. The first-order valence-electron chi connectivity index (χ1n) is 6.37. The fourth-order valence-electron chi connectivity index (χ4n) is 1.34. The van der Waals surface area contributed by atoms with Crippen LogP contribution in [0.1, 0.15) is 24.4 Å². The molecule has 0 aromatic carbocycles. The number of carbonyl (C=O) groups is 2. The second-order valence-corrected chi connectivity index (χ2v) is 6.35. The summed E-state index contributed by atoms with van der Waals surface area (Å²) in [7, 11) is -2.47. The van der Waals surface area contributed by atoms with Gasteiger partial charge in [-0.15, -0.1) is 0 Å². The number of amides is 2. The smallest absolute Gasteiger partial charge is 0.287 e. The Morgan fingerprint density at radius 2 is 1.81 bits per heavy atom. The van der Waals surface area contributed by atoms with Crippen LogP contribution in [0.25, 0.3) is 0 Å². The third-order valence-electron chi connectivity index (χ3n) is 2.57. The Kier molecular flexibility index (Phi) is 5.91. The van der Waals surface area contributed by atoms with E-state index in [1.165, 1.54) is 19.2 Å². The molecule has 0 saturated carbocycles. The minimum absolute atomic E-state index is 0.107. The van der Waals surface area contributed by atoms with Crippen LogP contribution in [0, 0.1) is 5.92 Å².